The van der Waals surface area contributed by atoms with E-state index in [0.29, 0.717) is 33.3 Å². The van der Waals surface area contributed by atoms with E-state index in [4.69, 9.17) is 4.74 Å². The average molecular weight is 592 g/mol. The quantitative estimate of drug-likeness (QED) is 0.248. The minimum atomic E-state index is -3.96. The van der Waals surface area contributed by atoms with Crippen LogP contribution in [0.25, 0.3) is 22.0 Å². The van der Waals surface area contributed by atoms with Crippen LogP contribution < -0.4 is 15.0 Å². The molecule has 2 N–H and O–H groups in total. The molecule has 0 atom stereocenters. The second-order valence-electron chi connectivity index (χ2n) is 9.47. The standard InChI is InChI=1S/C29H25N3O7S2/c1-18(33)19-7-9-22(10-8-19)41(37,38)31-20-5-4-6-21(15-20)39-27-12-11-23(40(3,35)36)16-25(27)26-17-32(2)29(34)28-24(26)13-14-30-28/h4-17,30-31H,1-3H3. The number of carbonyl (C=O) groups excluding carboxylic acids is 1. The minimum Gasteiger partial charge on any atom is -0.457 e. The fourth-order valence-corrected chi connectivity index (χ4v) is 6.05. The van der Waals surface area contributed by atoms with Gasteiger partial charge in [-0.3, -0.25) is 14.3 Å². The lowest BCUT2D eigenvalue weighted by atomic mass is 10.0. The van der Waals surface area contributed by atoms with Crippen LogP contribution in [0.15, 0.2) is 99.8 Å². The van der Waals surface area contributed by atoms with Gasteiger partial charge in [0.2, 0.25) is 0 Å². The lowest BCUT2D eigenvalue weighted by Gasteiger charge is -2.15. The van der Waals surface area contributed by atoms with E-state index in [1.54, 1.807) is 43.7 Å². The van der Waals surface area contributed by atoms with Gasteiger partial charge in [0, 0.05) is 53.8 Å². The SMILES string of the molecule is CC(=O)c1ccc(S(=O)(=O)Nc2cccc(Oc3ccc(S(C)(=O)=O)cc3-c3cn(C)c(=O)c4[nH]ccc34)c2)cc1. The predicted molar refractivity (Wildman–Crippen MR) is 156 cm³/mol. The number of hydrogen-bond acceptors (Lipinski definition) is 7. The first-order valence-corrected chi connectivity index (χ1v) is 15.6. The smallest absolute Gasteiger partial charge is 0.274 e. The number of sulfonamides is 1. The molecule has 0 fully saturated rings. The Kier molecular flexibility index (Phi) is 7.05. The first kappa shape index (κ1) is 27.9. The zero-order valence-electron chi connectivity index (χ0n) is 22.2. The average Bonchev–Trinajstić information content (AvgIpc) is 3.41. The molecular weight excluding hydrogens is 566 g/mol. The highest BCUT2D eigenvalue weighted by Crippen LogP contribution is 2.38. The fourth-order valence-electron chi connectivity index (χ4n) is 4.36. The first-order chi connectivity index (χ1) is 19.3. The molecule has 5 rings (SSSR count). The lowest BCUT2D eigenvalue weighted by molar-refractivity contribution is 0.101. The Hall–Kier alpha value is -4.68. The summed E-state index contributed by atoms with van der Waals surface area (Å²) in [6, 6.07) is 18.0. The molecule has 0 aliphatic rings. The Labute approximate surface area is 236 Å². The summed E-state index contributed by atoms with van der Waals surface area (Å²) in [5, 5.41) is 0.584. The molecule has 210 valence electrons. The Morgan fingerprint density at radius 2 is 1.61 bits per heavy atom. The predicted octanol–water partition coefficient (Wildman–Crippen LogP) is 4.73. The summed E-state index contributed by atoms with van der Waals surface area (Å²) in [5.74, 6) is 0.393. The molecule has 0 spiro atoms. The van der Waals surface area contributed by atoms with Crippen molar-refractivity contribution in [3.63, 3.8) is 0 Å². The molecule has 0 amide bonds. The maximum atomic E-state index is 13.0. The number of carbonyl (C=O) groups is 1. The Morgan fingerprint density at radius 3 is 2.29 bits per heavy atom. The van der Waals surface area contributed by atoms with Gasteiger partial charge in [-0.1, -0.05) is 18.2 Å². The summed E-state index contributed by atoms with van der Waals surface area (Å²) in [6.45, 7) is 1.40. The van der Waals surface area contributed by atoms with Gasteiger partial charge in [0.05, 0.1) is 15.5 Å². The van der Waals surface area contributed by atoms with Crippen molar-refractivity contribution < 1.29 is 26.4 Å². The number of hydrogen-bond donors (Lipinski definition) is 2. The number of fused-ring (bicyclic) bond motifs is 1. The Bertz CT molecular complexity index is 2090. The number of ketones is 1. The number of aromatic amines is 1. The molecule has 0 bridgehead atoms. The highest BCUT2D eigenvalue weighted by atomic mass is 32.2. The number of pyridine rings is 1. The molecule has 41 heavy (non-hydrogen) atoms. The van der Waals surface area contributed by atoms with E-state index in [-0.39, 0.29) is 32.6 Å². The number of anilines is 1. The fraction of sp³-hybridized carbons (Fsp3) is 0.103. The normalized spacial score (nSPS) is 11.9. The summed E-state index contributed by atoms with van der Waals surface area (Å²) in [7, 11) is -5.94. The van der Waals surface area contributed by atoms with Crippen LogP contribution in [-0.2, 0) is 26.9 Å². The van der Waals surface area contributed by atoms with Gasteiger partial charge in [0.15, 0.2) is 15.6 Å². The van der Waals surface area contributed by atoms with Gasteiger partial charge >= 0.3 is 0 Å². The largest absolute Gasteiger partial charge is 0.457 e. The number of benzene rings is 3. The number of nitrogens with zero attached hydrogens (tertiary/aromatic N) is 1. The van der Waals surface area contributed by atoms with Gasteiger partial charge in [0.25, 0.3) is 15.6 Å². The van der Waals surface area contributed by atoms with E-state index >= 15 is 0 Å². The van der Waals surface area contributed by atoms with Gasteiger partial charge in [-0.25, -0.2) is 16.8 Å². The number of nitrogens with one attached hydrogen (secondary N) is 2. The highest BCUT2D eigenvalue weighted by molar-refractivity contribution is 7.92. The third-order valence-corrected chi connectivity index (χ3v) is 8.96. The first-order valence-electron chi connectivity index (χ1n) is 12.3. The maximum absolute atomic E-state index is 13.0. The van der Waals surface area contributed by atoms with Crippen LogP contribution in [0.2, 0.25) is 0 Å². The van der Waals surface area contributed by atoms with Crippen molar-refractivity contribution in [3.05, 3.63) is 101 Å². The Morgan fingerprint density at radius 1 is 0.902 bits per heavy atom. The van der Waals surface area contributed by atoms with Gasteiger partial charge in [-0.15, -0.1) is 0 Å². The second-order valence-corrected chi connectivity index (χ2v) is 13.2. The number of Topliss-reactive ketones (excluding diaryl/α,β-unsaturated/α-hetero) is 1. The number of aromatic nitrogens is 2. The van der Waals surface area contributed by atoms with Crippen molar-refractivity contribution in [2.45, 2.75) is 16.7 Å². The zero-order chi connectivity index (χ0) is 29.5. The molecule has 0 radical (unpaired) electrons. The summed E-state index contributed by atoms with van der Waals surface area (Å²) in [6.07, 6.45) is 4.33. The molecular formula is C29H25N3O7S2. The van der Waals surface area contributed by atoms with Crippen LogP contribution in [0.1, 0.15) is 17.3 Å². The molecule has 0 saturated carbocycles. The lowest BCUT2D eigenvalue weighted by Crippen LogP contribution is -2.16. The van der Waals surface area contributed by atoms with Crippen molar-refractivity contribution in [2.24, 2.45) is 7.05 Å². The molecule has 0 aliphatic heterocycles. The van der Waals surface area contributed by atoms with E-state index in [9.17, 15) is 26.4 Å². The van der Waals surface area contributed by atoms with Crippen molar-refractivity contribution in [1.82, 2.24) is 9.55 Å². The van der Waals surface area contributed by atoms with Crippen molar-refractivity contribution >= 4 is 42.2 Å². The summed E-state index contributed by atoms with van der Waals surface area (Å²) >= 11 is 0. The highest BCUT2D eigenvalue weighted by Gasteiger charge is 2.19. The van der Waals surface area contributed by atoms with Gasteiger partial charge in [-0.2, -0.15) is 0 Å². The zero-order valence-corrected chi connectivity index (χ0v) is 23.8. The maximum Gasteiger partial charge on any atom is 0.274 e. The van der Waals surface area contributed by atoms with Gasteiger partial charge < -0.3 is 14.3 Å². The van der Waals surface area contributed by atoms with Crippen LogP contribution in [0.5, 0.6) is 11.5 Å². The van der Waals surface area contributed by atoms with Crippen LogP contribution in [-0.4, -0.2) is 38.4 Å². The van der Waals surface area contributed by atoms with E-state index in [1.807, 2.05) is 0 Å². The summed E-state index contributed by atoms with van der Waals surface area (Å²) in [5.41, 5.74) is 1.72. The molecule has 0 aliphatic carbocycles. The molecule has 2 heterocycles. The van der Waals surface area contributed by atoms with E-state index in [1.165, 1.54) is 60.0 Å². The molecule has 10 nitrogen and oxygen atoms in total. The minimum absolute atomic E-state index is 0.0160. The molecule has 0 saturated heterocycles. The summed E-state index contributed by atoms with van der Waals surface area (Å²) < 4.78 is 60.7. The molecule has 2 aromatic heterocycles. The number of H-pyrrole nitrogens is 1. The number of ether oxygens (including phenoxy) is 1. The van der Waals surface area contributed by atoms with Crippen LogP contribution in [0, 0.1) is 0 Å². The van der Waals surface area contributed by atoms with Gasteiger partial charge in [0.1, 0.15) is 17.0 Å². The molecule has 12 heteroatoms. The van der Waals surface area contributed by atoms with E-state index < -0.39 is 19.9 Å². The number of sulfone groups is 1. The van der Waals surface area contributed by atoms with Crippen LogP contribution >= 0.6 is 0 Å². The third kappa shape index (κ3) is 5.65. The molecule has 5 aromatic rings. The molecule has 3 aromatic carbocycles. The topological polar surface area (TPSA) is 144 Å². The number of aryl methyl sites for hydroxylation is 1. The van der Waals surface area contributed by atoms with Crippen LogP contribution in [0.3, 0.4) is 0 Å². The second kappa shape index (κ2) is 10.4. The number of rotatable bonds is 8. The van der Waals surface area contributed by atoms with Crippen molar-refractivity contribution in [3.8, 4) is 22.6 Å². The van der Waals surface area contributed by atoms with E-state index in [2.05, 4.69) is 9.71 Å². The Balaban J connectivity index is 1.53. The monoisotopic (exact) mass is 591 g/mol. The molecule has 0 unspecified atom stereocenters. The van der Waals surface area contributed by atoms with Gasteiger partial charge in [-0.05, 0) is 55.5 Å². The van der Waals surface area contributed by atoms with Crippen molar-refractivity contribution in [2.75, 3.05) is 11.0 Å². The van der Waals surface area contributed by atoms with Crippen molar-refractivity contribution in [1.29, 1.82) is 0 Å². The third-order valence-electron chi connectivity index (χ3n) is 6.45. The van der Waals surface area contributed by atoms with E-state index in [0.717, 1.165) is 6.26 Å². The van der Waals surface area contributed by atoms with Crippen LogP contribution in [0.4, 0.5) is 5.69 Å². The summed E-state index contributed by atoms with van der Waals surface area (Å²) in [4.78, 5) is 27.1.